The molecule has 1 atom stereocenters. The zero-order valence-electron chi connectivity index (χ0n) is 16.3. The molecule has 29 heavy (non-hydrogen) atoms. The van der Waals surface area contributed by atoms with Crippen LogP contribution in [0.25, 0.3) is 0 Å². The topological polar surface area (TPSA) is 86.7 Å². The quantitative estimate of drug-likeness (QED) is 0.529. The molecule has 0 radical (unpaired) electrons. The third-order valence-electron chi connectivity index (χ3n) is 5.01. The van der Waals surface area contributed by atoms with E-state index in [-0.39, 0.29) is 13.2 Å². The molecule has 2 aromatic rings. The highest BCUT2D eigenvalue weighted by atomic mass is 16.6. The van der Waals surface area contributed by atoms with Crippen LogP contribution in [0.2, 0.25) is 0 Å². The van der Waals surface area contributed by atoms with Crippen LogP contribution in [0.5, 0.6) is 0 Å². The second-order valence-electron chi connectivity index (χ2n) is 6.67. The van der Waals surface area contributed by atoms with E-state index in [1.54, 1.807) is 68.4 Å². The van der Waals surface area contributed by atoms with Gasteiger partial charge in [-0.2, -0.15) is 0 Å². The van der Waals surface area contributed by atoms with E-state index in [1.807, 2.05) is 0 Å². The van der Waals surface area contributed by atoms with Crippen LogP contribution in [-0.4, -0.2) is 36.7 Å². The molecule has 0 amide bonds. The van der Waals surface area contributed by atoms with Gasteiger partial charge in [-0.05, 0) is 19.4 Å². The fourth-order valence-corrected chi connectivity index (χ4v) is 3.80. The lowest BCUT2D eigenvalue weighted by atomic mass is 9.74. The highest BCUT2D eigenvalue weighted by molar-refractivity contribution is 6.27. The number of hydrogen-bond acceptors (Lipinski definition) is 6. The molecule has 3 rings (SSSR count). The van der Waals surface area contributed by atoms with Crippen molar-refractivity contribution in [2.75, 3.05) is 13.2 Å². The predicted octanol–water partition coefficient (Wildman–Crippen LogP) is 3.21. The predicted molar refractivity (Wildman–Crippen MR) is 105 cm³/mol. The average molecular weight is 394 g/mol. The number of benzene rings is 2. The molecule has 1 aliphatic carbocycles. The van der Waals surface area contributed by atoms with E-state index in [4.69, 9.17) is 9.47 Å². The van der Waals surface area contributed by atoms with Gasteiger partial charge in [0.05, 0.1) is 19.1 Å². The van der Waals surface area contributed by atoms with Crippen molar-refractivity contribution in [3.05, 3.63) is 71.3 Å². The maximum Gasteiger partial charge on any atom is 0.320 e. The monoisotopic (exact) mass is 394 g/mol. The van der Waals surface area contributed by atoms with Crippen molar-refractivity contribution >= 4 is 23.5 Å². The molecule has 0 heterocycles. The van der Waals surface area contributed by atoms with Crippen molar-refractivity contribution in [1.29, 1.82) is 0 Å². The number of Topliss-reactive ketones (excluding diaryl/α,β-unsaturated/α-hetero) is 2. The Kier molecular flexibility index (Phi) is 6.22. The van der Waals surface area contributed by atoms with E-state index in [0.717, 1.165) is 0 Å². The number of carbonyl (C=O) groups excluding carboxylic acids is 4. The van der Waals surface area contributed by atoms with Crippen molar-refractivity contribution in [2.45, 2.75) is 19.8 Å². The summed E-state index contributed by atoms with van der Waals surface area (Å²) in [6.45, 7) is 3.37. The van der Waals surface area contributed by atoms with Crippen LogP contribution in [0.4, 0.5) is 0 Å². The molecule has 2 aromatic carbocycles. The van der Waals surface area contributed by atoms with Crippen LogP contribution < -0.4 is 0 Å². The van der Waals surface area contributed by atoms with Crippen LogP contribution in [0, 0.1) is 11.8 Å². The van der Waals surface area contributed by atoms with Gasteiger partial charge in [0.15, 0.2) is 17.5 Å². The molecule has 0 spiro atoms. The second-order valence-corrected chi connectivity index (χ2v) is 6.67. The Morgan fingerprint density at radius 3 is 1.69 bits per heavy atom. The molecule has 0 N–H and O–H groups in total. The molecule has 0 bridgehead atoms. The normalized spacial score (nSPS) is 14.6. The second kappa shape index (κ2) is 8.82. The molecule has 0 saturated heterocycles. The van der Waals surface area contributed by atoms with Crippen molar-refractivity contribution in [2.24, 2.45) is 11.8 Å². The van der Waals surface area contributed by atoms with Crippen LogP contribution in [0.3, 0.4) is 0 Å². The molecule has 0 fully saturated rings. The number of ether oxygens (including phenoxy) is 2. The first-order valence-corrected chi connectivity index (χ1v) is 9.56. The lowest BCUT2D eigenvalue weighted by Crippen LogP contribution is -2.39. The molecule has 6 heteroatoms. The third-order valence-corrected chi connectivity index (χ3v) is 5.01. The van der Waals surface area contributed by atoms with Gasteiger partial charge in [-0.3, -0.25) is 19.2 Å². The van der Waals surface area contributed by atoms with E-state index in [0.29, 0.717) is 16.7 Å². The largest absolute Gasteiger partial charge is 0.465 e. The van der Waals surface area contributed by atoms with Crippen molar-refractivity contribution in [1.82, 2.24) is 0 Å². The summed E-state index contributed by atoms with van der Waals surface area (Å²) in [7, 11) is 0. The van der Waals surface area contributed by atoms with E-state index in [9.17, 15) is 19.2 Å². The first kappa shape index (κ1) is 20.5. The van der Waals surface area contributed by atoms with Crippen LogP contribution >= 0.6 is 0 Å². The summed E-state index contributed by atoms with van der Waals surface area (Å²) in [4.78, 5) is 51.9. The summed E-state index contributed by atoms with van der Waals surface area (Å²) in [5, 5.41) is 0. The maximum atomic E-state index is 13.2. The highest BCUT2D eigenvalue weighted by Gasteiger charge is 2.51. The van der Waals surface area contributed by atoms with Gasteiger partial charge in [0, 0.05) is 17.0 Å². The van der Waals surface area contributed by atoms with Gasteiger partial charge < -0.3 is 9.47 Å². The van der Waals surface area contributed by atoms with Crippen molar-refractivity contribution < 1.29 is 28.7 Å². The van der Waals surface area contributed by atoms with Gasteiger partial charge in [0.2, 0.25) is 0 Å². The Bertz CT molecular complexity index is 880. The minimum absolute atomic E-state index is 0.0586. The Labute approximate surface area is 168 Å². The molecule has 0 saturated carbocycles. The maximum absolute atomic E-state index is 13.2. The molecular weight excluding hydrogens is 372 g/mol. The SMILES string of the molecule is CCOC(=O)C(C(=O)OCC)[C@H](c1ccccc1)C1C(=O)c2ccccc2C1=O. The fraction of sp³-hybridized carbons (Fsp3) is 0.304. The van der Waals surface area contributed by atoms with E-state index >= 15 is 0 Å². The van der Waals surface area contributed by atoms with Gasteiger partial charge in [0.1, 0.15) is 0 Å². The molecular formula is C23H22O6. The molecule has 0 unspecified atom stereocenters. The standard InChI is InChI=1S/C23H22O6/c1-3-28-22(26)19(23(27)29-4-2)17(14-10-6-5-7-11-14)18-20(24)15-12-8-9-13-16(15)21(18)25/h5-13,17-19H,3-4H2,1-2H3/t17-/m1/s1. The molecule has 0 aromatic heterocycles. The summed E-state index contributed by atoms with van der Waals surface area (Å²) in [6, 6.07) is 15.1. The summed E-state index contributed by atoms with van der Waals surface area (Å²) < 4.78 is 10.2. The smallest absolute Gasteiger partial charge is 0.320 e. The Morgan fingerprint density at radius 2 is 1.24 bits per heavy atom. The number of ketones is 2. The summed E-state index contributed by atoms with van der Waals surface area (Å²) >= 11 is 0. The number of fused-ring (bicyclic) bond motifs is 1. The average Bonchev–Trinajstić information content (AvgIpc) is 2.98. The minimum atomic E-state index is -1.43. The molecule has 1 aliphatic rings. The van der Waals surface area contributed by atoms with Gasteiger partial charge in [0.25, 0.3) is 0 Å². The van der Waals surface area contributed by atoms with Gasteiger partial charge >= 0.3 is 11.9 Å². The van der Waals surface area contributed by atoms with E-state index < -0.39 is 41.3 Å². The Morgan fingerprint density at radius 1 is 0.793 bits per heavy atom. The van der Waals surface area contributed by atoms with Gasteiger partial charge in [-0.25, -0.2) is 0 Å². The van der Waals surface area contributed by atoms with Crippen molar-refractivity contribution in [3.8, 4) is 0 Å². The first-order chi connectivity index (χ1) is 14.0. The zero-order chi connectivity index (χ0) is 21.0. The lowest BCUT2D eigenvalue weighted by molar-refractivity contribution is -0.163. The first-order valence-electron chi connectivity index (χ1n) is 9.56. The van der Waals surface area contributed by atoms with E-state index in [2.05, 4.69) is 0 Å². The number of esters is 2. The van der Waals surface area contributed by atoms with E-state index in [1.165, 1.54) is 0 Å². The van der Waals surface area contributed by atoms with Gasteiger partial charge in [-0.1, -0.05) is 54.6 Å². The molecule has 150 valence electrons. The number of carbonyl (C=O) groups is 4. The van der Waals surface area contributed by atoms with Crippen LogP contribution in [-0.2, 0) is 19.1 Å². The minimum Gasteiger partial charge on any atom is -0.465 e. The van der Waals surface area contributed by atoms with Crippen molar-refractivity contribution in [3.63, 3.8) is 0 Å². The summed E-state index contributed by atoms with van der Waals surface area (Å²) in [5.74, 6) is -6.08. The Hall–Kier alpha value is -3.28. The number of hydrogen-bond donors (Lipinski definition) is 0. The molecule has 0 aliphatic heterocycles. The lowest BCUT2D eigenvalue weighted by Gasteiger charge is -2.28. The summed E-state index contributed by atoms with van der Waals surface area (Å²) in [6.07, 6.45) is 0. The summed E-state index contributed by atoms with van der Waals surface area (Å²) in [5.41, 5.74) is 1.13. The Balaban J connectivity index is 2.15. The zero-order valence-corrected chi connectivity index (χ0v) is 16.3. The number of rotatable bonds is 7. The molecule has 6 nitrogen and oxygen atoms in total. The third kappa shape index (κ3) is 3.83. The van der Waals surface area contributed by atoms with Crippen LogP contribution in [0.15, 0.2) is 54.6 Å². The highest BCUT2D eigenvalue weighted by Crippen LogP contribution is 2.42. The van der Waals surface area contributed by atoms with Crippen LogP contribution in [0.1, 0.15) is 46.0 Å². The fourth-order valence-electron chi connectivity index (χ4n) is 3.80. The van der Waals surface area contributed by atoms with Gasteiger partial charge in [-0.15, -0.1) is 0 Å².